The summed E-state index contributed by atoms with van der Waals surface area (Å²) in [5.74, 6) is -0.766. The highest BCUT2D eigenvalue weighted by Gasteiger charge is 2.35. The smallest absolute Gasteiger partial charge is 0.309 e. The van der Waals surface area contributed by atoms with Gasteiger partial charge in [-0.2, -0.15) is 0 Å². The lowest BCUT2D eigenvalue weighted by Gasteiger charge is -2.34. The molecular weight excluding hydrogens is 388 g/mol. The van der Waals surface area contributed by atoms with Gasteiger partial charge >= 0.3 is 11.9 Å². The van der Waals surface area contributed by atoms with Crippen LogP contribution in [0.4, 0.5) is 0 Å². The van der Waals surface area contributed by atoms with Gasteiger partial charge in [-0.3, -0.25) is 9.59 Å². The number of ether oxygens (including phenoxy) is 5. The van der Waals surface area contributed by atoms with E-state index in [4.69, 9.17) is 23.7 Å². The first-order chi connectivity index (χ1) is 13.9. The van der Waals surface area contributed by atoms with Gasteiger partial charge < -0.3 is 23.7 Å². The molecule has 176 valence electrons. The van der Waals surface area contributed by atoms with Crippen molar-refractivity contribution < 1.29 is 33.3 Å². The Bertz CT molecular complexity index is 524. The van der Waals surface area contributed by atoms with E-state index in [0.29, 0.717) is 44.7 Å². The van der Waals surface area contributed by atoms with Crippen molar-refractivity contribution in [3.05, 3.63) is 0 Å². The molecule has 7 nitrogen and oxygen atoms in total. The molecule has 0 unspecified atom stereocenters. The molecule has 0 saturated carbocycles. The van der Waals surface area contributed by atoms with Crippen LogP contribution in [0, 0.1) is 17.8 Å². The number of esters is 2. The summed E-state index contributed by atoms with van der Waals surface area (Å²) in [6, 6.07) is 0. The van der Waals surface area contributed by atoms with Crippen LogP contribution in [-0.4, -0.2) is 62.3 Å². The number of cyclic esters (lactones) is 1. The highest BCUT2D eigenvalue weighted by atomic mass is 16.6. The maximum Gasteiger partial charge on any atom is 0.309 e. The molecule has 1 heterocycles. The fraction of sp³-hybridized carbons (Fsp3) is 0.913. The van der Waals surface area contributed by atoms with Crippen molar-refractivity contribution in [1.29, 1.82) is 0 Å². The Morgan fingerprint density at radius 2 is 1.70 bits per heavy atom. The summed E-state index contributed by atoms with van der Waals surface area (Å²) in [5, 5.41) is 0. The molecule has 0 amide bonds. The Labute approximate surface area is 182 Å². The van der Waals surface area contributed by atoms with Gasteiger partial charge in [0.1, 0.15) is 23.9 Å². The van der Waals surface area contributed by atoms with Gasteiger partial charge in [-0.1, -0.05) is 27.7 Å². The van der Waals surface area contributed by atoms with Crippen LogP contribution in [0.5, 0.6) is 0 Å². The zero-order valence-electron chi connectivity index (χ0n) is 20.1. The fourth-order valence-electron chi connectivity index (χ4n) is 3.06. The molecular formula is C23H42O7. The summed E-state index contributed by atoms with van der Waals surface area (Å²) in [4.78, 5) is 25.1. The summed E-state index contributed by atoms with van der Waals surface area (Å²) in [6.07, 6.45) is -0.959. The van der Waals surface area contributed by atoms with Crippen molar-refractivity contribution in [3.63, 3.8) is 0 Å². The molecule has 0 bridgehead atoms. The normalized spacial score (nSPS) is 26.5. The molecule has 0 aromatic heterocycles. The molecule has 1 aliphatic rings. The summed E-state index contributed by atoms with van der Waals surface area (Å²) in [6.45, 7) is 17.3. The largest absolute Gasteiger partial charge is 0.460 e. The number of carbonyl (C=O) groups excluding carboxylic acids is 2. The Morgan fingerprint density at radius 3 is 2.27 bits per heavy atom. The van der Waals surface area contributed by atoms with Gasteiger partial charge in [0.2, 0.25) is 0 Å². The molecule has 7 heteroatoms. The predicted octanol–water partition coefficient (Wildman–Crippen LogP) is 3.77. The third kappa shape index (κ3) is 10.7. The van der Waals surface area contributed by atoms with Gasteiger partial charge in [0.05, 0.1) is 18.9 Å². The van der Waals surface area contributed by atoms with Crippen LogP contribution in [0.1, 0.15) is 68.2 Å². The second-order valence-corrected chi connectivity index (χ2v) is 9.95. The third-order valence-electron chi connectivity index (χ3n) is 4.46. The van der Waals surface area contributed by atoms with Crippen LogP contribution < -0.4 is 0 Å². The summed E-state index contributed by atoms with van der Waals surface area (Å²) in [5.41, 5.74) is -0.600. The average Bonchev–Trinajstić information content (AvgIpc) is 2.58. The molecule has 0 aliphatic carbocycles. The third-order valence-corrected chi connectivity index (χ3v) is 4.46. The second-order valence-electron chi connectivity index (χ2n) is 9.95. The lowest BCUT2D eigenvalue weighted by molar-refractivity contribution is -0.185. The van der Waals surface area contributed by atoms with Crippen molar-refractivity contribution in [1.82, 2.24) is 0 Å². The minimum atomic E-state index is -0.610. The molecule has 0 aromatic carbocycles. The SMILES string of the molecule is CC(C)CO[C@H]1[C@H](C)OC(=O)[C@@H](CC(=O)OC(C)(C)C)CCOC[C@@H]1OCC(C)C. The Balaban J connectivity index is 2.89. The molecule has 1 fully saturated rings. The molecule has 0 aromatic rings. The molecule has 1 rings (SSSR count). The highest BCUT2D eigenvalue weighted by molar-refractivity contribution is 5.80. The highest BCUT2D eigenvalue weighted by Crippen LogP contribution is 2.22. The van der Waals surface area contributed by atoms with E-state index in [1.165, 1.54) is 0 Å². The quantitative estimate of drug-likeness (QED) is 0.542. The number of carbonyl (C=O) groups is 2. The Morgan fingerprint density at radius 1 is 1.10 bits per heavy atom. The van der Waals surface area contributed by atoms with Gasteiger partial charge in [0.15, 0.2) is 0 Å². The molecule has 0 N–H and O–H groups in total. The van der Waals surface area contributed by atoms with Gasteiger partial charge in [-0.05, 0) is 46.0 Å². The van der Waals surface area contributed by atoms with E-state index in [1.54, 1.807) is 27.7 Å². The van der Waals surface area contributed by atoms with Gasteiger partial charge in [-0.15, -0.1) is 0 Å². The van der Waals surface area contributed by atoms with E-state index in [-0.39, 0.29) is 12.5 Å². The van der Waals surface area contributed by atoms with Crippen LogP contribution in [0.25, 0.3) is 0 Å². The van der Waals surface area contributed by atoms with Crippen molar-refractivity contribution in [3.8, 4) is 0 Å². The molecule has 1 aliphatic heterocycles. The first kappa shape index (κ1) is 26.9. The first-order valence-corrected chi connectivity index (χ1v) is 11.1. The first-order valence-electron chi connectivity index (χ1n) is 11.1. The zero-order chi connectivity index (χ0) is 22.9. The van der Waals surface area contributed by atoms with E-state index in [1.807, 2.05) is 0 Å². The van der Waals surface area contributed by atoms with Gasteiger partial charge in [0, 0.05) is 19.8 Å². The molecule has 0 spiro atoms. The zero-order valence-corrected chi connectivity index (χ0v) is 20.1. The van der Waals surface area contributed by atoms with Crippen LogP contribution in [0.2, 0.25) is 0 Å². The topological polar surface area (TPSA) is 80.3 Å². The minimum Gasteiger partial charge on any atom is -0.460 e. The average molecular weight is 431 g/mol. The van der Waals surface area contributed by atoms with Crippen LogP contribution in [0.15, 0.2) is 0 Å². The van der Waals surface area contributed by atoms with Crippen molar-refractivity contribution in [2.75, 3.05) is 26.4 Å². The van der Waals surface area contributed by atoms with Crippen LogP contribution >= 0.6 is 0 Å². The fourth-order valence-corrected chi connectivity index (χ4v) is 3.06. The lowest BCUT2D eigenvalue weighted by atomic mass is 10.0. The number of hydrogen-bond donors (Lipinski definition) is 0. The Hall–Kier alpha value is -1.18. The molecule has 30 heavy (non-hydrogen) atoms. The number of rotatable bonds is 8. The standard InChI is InChI=1S/C23H42O7/c1-15(2)12-27-19-14-26-10-9-18(11-20(24)30-23(6,7)8)22(25)29-17(5)21(19)28-13-16(3)4/h15-19,21H,9-14H2,1-8H3/t17-,18+,19-,21-/m0/s1. The van der Waals surface area contributed by atoms with Gasteiger partial charge in [0.25, 0.3) is 0 Å². The maximum atomic E-state index is 12.8. The van der Waals surface area contributed by atoms with Gasteiger partial charge in [-0.25, -0.2) is 0 Å². The lowest BCUT2D eigenvalue weighted by Crippen LogP contribution is -2.47. The van der Waals surface area contributed by atoms with Crippen molar-refractivity contribution in [2.24, 2.45) is 17.8 Å². The van der Waals surface area contributed by atoms with Crippen LogP contribution in [-0.2, 0) is 33.3 Å². The van der Waals surface area contributed by atoms with E-state index in [0.717, 1.165) is 0 Å². The minimum absolute atomic E-state index is 0.0308. The van der Waals surface area contributed by atoms with E-state index < -0.39 is 35.7 Å². The number of hydrogen-bond acceptors (Lipinski definition) is 7. The summed E-state index contributed by atoms with van der Waals surface area (Å²) >= 11 is 0. The molecule has 0 radical (unpaired) electrons. The molecule has 1 saturated heterocycles. The van der Waals surface area contributed by atoms with Crippen LogP contribution in [0.3, 0.4) is 0 Å². The van der Waals surface area contributed by atoms with E-state index >= 15 is 0 Å². The Kier molecular flexibility index (Phi) is 11.3. The molecule has 4 atom stereocenters. The monoisotopic (exact) mass is 430 g/mol. The summed E-state index contributed by atoms with van der Waals surface area (Å²) < 4.78 is 29.1. The summed E-state index contributed by atoms with van der Waals surface area (Å²) in [7, 11) is 0. The van der Waals surface area contributed by atoms with E-state index in [2.05, 4.69) is 27.7 Å². The maximum absolute atomic E-state index is 12.8. The van der Waals surface area contributed by atoms with E-state index in [9.17, 15) is 9.59 Å². The van der Waals surface area contributed by atoms with Crippen molar-refractivity contribution in [2.45, 2.75) is 92.1 Å². The van der Waals surface area contributed by atoms with Crippen molar-refractivity contribution >= 4 is 11.9 Å². The predicted molar refractivity (Wildman–Crippen MR) is 114 cm³/mol. The second kappa shape index (κ2) is 12.6.